The molecule has 1 aromatic rings. The summed E-state index contributed by atoms with van der Waals surface area (Å²) in [5.41, 5.74) is -1.67. The SMILES string of the molecule is CC(=O)C=[N+](C)c1c(NC[C@H](O)[C@H](O)[C@H](O)CO)[nH]c(=O)[nH]c1=O. The molecule has 0 radical (unpaired) electrons. The van der Waals surface area contributed by atoms with Crippen LogP contribution in [0.15, 0.2) is 9.59 Å². The Labute approximate surface area is 135 Å². The number of nitrogens with zero attached hydrogens (tertiary/aromatic N) is 1. The van der Waals surface area contributed by atoms with Gasteiger partial charge in [0.15, 0.2) is 5.82 Å². The van der Waals surface area contributed by atoms with Crippen molar-refractivity contribution in [1.82, 2.24) is 9.97 Å². The number of aromatic amines is 2. The largest absolute Gasteiger partial charge is 0.394 e. The highest BCUT2D eigenvalue weighted by Gasteiger charge is 2.25. The molecule has 0 aliphatic rings. The Bertz CT molecular complexity index is 724. The molecule has 1 rings (SSSR count). The highest BCUT2D eigenvalue weighted by Crippen LogP contribution is 2.14. The van der Waals surface area contributed by atoms with E-state index in [9.17, 15) is 29.7 Å². The van der Waals surface area contributed by atoms with E-state index in [1.54, 1.807) is 0 Å². The fraction of sp³-hybridized carbons (Fsp3) is 0.538. The molecule has 7 N–H and O–H groups in total. The normalized spacial score (nSPS) is 15.7. The smallest absolute Gasteiger partial charge is 0.328 e. The van der Waals surface area contributed by atoms with Crippen molar-refractivity contribution in [2.75, 3.05) is 25.5 Å². The first kappa shape index (κ1) is 19.7. The average Bonchev–Trinajstić information content (AvgIpc) is 2.49. The van der Waals surface area contributed by atoms with E-state index >= 15 is 0 Å². The number of aliphatic hydroxyl groups is 4. The number of hydrogen-bond acceptors (Lipinski definition) is 8. The van der Waals surface area contributed by atoms with Crippen molar-refractivity contribution in [3.63, 3.8) is 0 Å². The minimum Gasteiger partial charge on any atom is -0.394 e. The topological polar surface area (TPSA) is 179 Å². The maximum absolute atomic E-state index is 11.9. The molecule has 1 aromatic heterocycles. The van der Waals surface area contributed by atoms with Gasteiger partial charge in [-0.25, -0.2) is 4.79 Å². The summed E-state index contributed by atoms with van der Waals surface area (Å²) in [6, 6.07) is 0. The van der Waals surface area contributed by atoms with Crippen LogP contribution in [-0.4, -0.2) is 85.5 Å². The summed E-state index contributed by atoms with van der Waals surface area (Å²) in [6.07, 6.45) is -3.56. The quantitative estimate of drug-likeness (QED) is 0.187. The molecule has 11 heteroatoms. The number of H-pyrrole nitrogens is 2. The zero-order valence-electron chi connectivity index (χ0n) is 13.2. The molecule has 134 valence electrons. The lowest BCUT2D eigenvalue weighted by Gasteiger charge is -2.21. The van der Waals surface area contributed by atoms with Crippen LogP contribution in [0, 0.1) is 0 Å². The predicted octanol–water partition coefficient (Wildman–Crippen LogP) is -3.52. The molecule has 0 aliphatic carbocycles. The van der Waals surface area contributed by atoms with Crippen LogP contribution in [0.3, 0.4) is 0 Å². The van der Waals surface area contributed by atoms with Gasteiger partial charge in [-0.3, -0.25) is 19.6 Å². The van der Waals surface area contributed by atoms with Crippen molar-refractivity contribution < 1.29 is 29.8 Å². The third-order valence-electron chi connectivity index (χ3n) is 3.11. The fourth-order valence-electron chi connectivity index (χ4n) is 1.97. The lowest BCUT2D eigenvalue weighted by Crippen LogP contribution is -2.43. The van der Waals surface area contributed by atoms with Crippen LogP contribution >= 0.6 is 0 Å². The van der Waals surface area contributed by atoms with E-state index < -0.39 is 36.2 Å². The Morgan fingerprint density at radius 2 is 1.88 bits per heavy atom. The van der Waals surface area contributed by atoms with Crippen molar-refractivity contribution in [1.29, 1.82) is 0 Å². The molecule has 0 aromatic carbocycles. The van der Waals surface area contributed by atoms with Gasteiger partial charge >= 0.3 is 16.9 Å². The van der Waals surface area contributed by atoms with Gasteiger partial charge in [0.2, 0.25) is 12.0 Å². The number of Topliss-reactive ketones (excluding diaryl/α,β-unsaturated/α-hetero) is 1. The van der Waals surface area contributed by atoms with Gasteiger partial charge in [0.1, 0.15) is 19.3 Å². The number of anilines is 1. The van der Waals surface area contributed by atoms with Gasteiger partial charge in [-0.1, -0.05) is 0 Å². The van der Waals surface area contributed by atoms with E-state index in [0.717, 1.165) is 6.21 Å². The van der Waals surface area contributed by atoms with Gasteiger partial charge in [0.05, 0.1) is 12.7 Å². The maximum atomic E-state index is 11.9. The van der Waals surface area contributed by atoms with Crippen molar-refractivity contribution in [3.05, 3.63) is 20.8 Å². The average molecular weight is 345 g/mol. The van der Waals surface area contributed by atoms with E-state index in [1.165, 1.54) is 18.5 Å². The molecule has 24 heavy (non-hydrogen) atoms. The Balaban J connectivity index is 3.09. The van der Waals surface area contributed by atoms with Gasteiger partial charge < -0.3 is 25.7 Å². The van der Waals surface area contributed by atoms with E-state index in [2.05, 4.69) is 10.3 Å². The molecule has 0 amide bonds. The third kappa shape index (κ3) is 5.09. The highest BCUT2D eigenvalue weighted by atomic mass is 16.4. The van der Waals surface area contributed by atoms with Crippen molar-refractivity contribution in [2.45, 2.75) is 25.2 Å². The number of rotatable bonds is 8. The summed E-state index contributed by atoms with van der Waals surface area (Å²) in [7, 11) is 1.41. The number of nitrogens with one attached hydrogen (secondary N) is 3. The molecular weight excluding hydrogens is 324 g/mol. The second-order valence-electron chi connectivity index (χ2n) is 5.17. The summed E-state index contributed by atoms with van der Waals surface area (Å²) in [6.45, 7) is 0.181. The fourth-order valence-corrected chi connectivity index (χ4v) is 1.97. The van der Waals surface area contributed by atoms with Crippen LogP contribution in [0.1, 0.15) is 6.92 Å². The standard InChI is InChI=1S/C13H20N4O7/c1-6(19)4-17(2)9-11(15-13(24)16-12(9)23)14-3-7(20)10(22)8(21)5-18/h4,7-8,10,18,20-22H,3,5H2,1-2H3,(H2-,14,15,16,19,23,24)/p+1/t7-,8+,10-/m0/s1. The number of ketones is 1. The summed E-state index contributed by atoms with van der Waals surface area (Å²) in [4.78, 5) is 38.8. The number of aromatic nitrogens is 2. The van der Waals surface area contributed by atoms with Crippen LogP contribution < -0.4 is 16.6 Å². The number of carbonyl (C=O) groups is 1. The third-order valence-corrected chi connectivity index (χ3v) is 3.11. The Kier molecular flexibility index (Phi) is 6.97. The van der Waals surface area contributed by atoms with Gasteiger partial charge in [-0.05, 0) is 0 Å². The summed E-state index contributed by atoms with van der Waals surface area (Å²) < 4.78 is 1.19. The molecule has 0 bridgehead atoms. The van der Waals surface area contributed by atoms with Crippen LogP contribution in [-0.2, 0) is 4.79 Å². The lowest BCUT2D eigenvalue weighted by molar-refractivity contribution is -0.399. The van der Waals surface area contributed by atoms with E-state index in [-0.39, 0.29) is 23.8 Å². The predicted molar refractivity (Wildman–Crippen MR) is 83.9 cm³/mol. The van der Waals surface area contributed by atoms with Gasteiger partial charge in [0, 0.05) is 13.5 Å². The molecule has 0 unspecified atom stereocenters. The molecule has 0 spiro atoms. The molecule has 0 saturated heterocycles. The van der Waals surface area contributed by atoms with Crippen LogP contribution in [0.25, 0.3) is 0 Å². The first-order valence-electron chi connectivity index (χ1n) is 7.01. The Morgan fingerprint density at radius 1 is 1.25 bits per heavy atom. The van der Waals surface area contributed by atoms with Crippen molar-refractivity contribution in [3.8, 4) is 0 Å². The monoisotopic (exact) mass is 345 g/mol. The van der Waals surface area contributed by atoms with Gasteiger partial charge in [0.25, 0.3) is 0 Å². The van der Waals surface area contributed by atoms with Crippen LogP contribution in [0.5, 0.6) is 0 Å². The van der Waals surface area contributed by atoms with E-state index in [4.69, 9.17) is 5.11 Å². The van der Waals surface area contributed by atoms with Crippen molar-refractivity contribution >= 4 is 23.5 Å². The maximum Gasteiger partial charge on any atom is 0.328 e. The Morgan fingerprint density at radius 3 is 2.42 bits per heavy atom. The van der Waals surface area contributed by atoms with E-state index in [1.807, 2.05) is 4.98 Å². The second kappa shape index (κ2) is 8.49. The van der Waals surface area contributed by atoms with Gasteiger partial charge in [-0.2, -0.15) is 4.58 Å². The molecule has 0 fully saturated rings. The second-order valence-corrected chi connectivity index (χ2v) is 5.17. The first-order chi connectivity index (χ1) is 11.2. The minimum atomic E-state index is -1.64. The number of carbonyl (C=O) groups excluding carboxylic acids is 1. The minimum absolute atomic E-state index is 0.0887. The van der Waals surface area contributed by atoms with Crippen LogP contribution in [0.4, 0.5) is 11.5 Å². The molecule has 0 aliphatic heterocycles. The first-order valence-corrected chi connectivity index (χ1v) is 7.01. The number of hydrogen-bond donors (Lipinski definition) is 7. The lowest BCUT2D eigenvalue weighted by atomic mass is 10.1. The van der Waals surface area contributed by atoms with Gasteiger partial charge in [-0.15, -0.1) is 0 Å². The molecule has 0 saturated carbocycles. The highest BCUT2D eigenvalue weighted by molar-refractivity contribution is 6.24. The molecule has 3 atom stereocenters. The summed E-state index contributed by atoms with van der Waals surface area (Å²) >= 11 is 0. The zero-order valence-corrected chi connectivity index (χ0v) is 13.2. The summed E-state index contributed by atoms with van der Waals surface area (Å²) in [5, 5.41) is 39.9. The molecule has 11 nitrogen and oxygen atoms in total. The summed E-state index contributed by atoms with van der Waals surface area (Å²) in [5.74, 6) is -0.427. The molecule has 1 heterocycles. The number of aliphatic hydroxyl groups excluding tert-OH is 4. The van der Waals surface area contributed by atoms with E-state index in [0.29, 0.717) is 0 Å². The molecular formula is C13H21N4O7+. The van der Waals surface area contributed by atoms with Crippen LogP contribution in [0.2, 0.25) is 0 Å². The zero-order chi connectivity index (χ0) is 18.4. The Hall–Kier alpha value is -2.34. The van der Waals surface area contributed by atoms with Crippen molar-refractivity contribution in [2.24, 2.45) is 0 Å².